The van der Waals surface area contributed by atoms with Crippen LogP contribution in [-0.2, 0) is 6.61 Å². The highest BCUT2D eigenvalue weighted by Gasteiger charge is 2.07. The zero-order valence-electron chi connectivity index (χ0n) is 11.6. The average molecular weight is 282 g/mol. The van der Waals surface area contributed by atoms with Crippen molar-refractivity contribution < 1.29 is 9.13 Å². The van der Waals surface area contributed by atoms with Crippen molar-refractivity contribution in [3.05, 3.63) is 65.6 Å². The van der Waals surface area contributed by atoms with E-state index in [4.69, 9.17) is 10.5 Å². The summed E-state index contributed by atoms with van der Waals surface area (Å²) in [6.45, 7) is 2.25. The number of rotatable bonds is 3. The highest BCUT2D eigenvalue weighted by Crippen LogP contribution is 2.25. The molecule has 21 heavy (non-hydrogen) atoms. The number of hydrogen-bond acceptors (Lipinski definition) is 3. The fraction of sp³-hybridized carbons (Fsp3) is 0.118. The van der Waals surface area contributed by atoms with Gasteiger partial charge in [0.2, 0.25) is 0 Å². The molecule has 2 N–H and O–H groups in total. The summed E-state index contributed by atoms with van der Waals surface area (Å²) in [5, 5.41) is 1.03. The number of fused-ring (bicyclic) bond motifs is 1. The van der Waals surface area contributed by atoms with Crippen LogP contribution in [0.15, 0.2) is 48.5 Å². The standard InChI is InChI=1S/C17H15FN2O/c1-11-8-12(14-4-2-3-5-16(14)20-11)10-21-17-9-13(18)6-7-15(17)19/h2-9H,10,19H2,1H3. The van der Waals surface area contributed by atoms with Crippen LogP contribution in [-0.4, -0.2) is 4.98 Å². The molecule has 0 aliphatic rings. The van der Waals surface area contributed by atoms with E-state index < -0.39 is 0 Å². The highest BCUT2D eigenvalue weighted by atomic mass is 19.1. The largest absolute Gasteiger partial charge is 0.487 e. The molecule has 0 saturated carbocycles. The highest BCUT2D eigenvalue weighted by molar-refractivity contribution is 5.82. The molecule has 0 fully saturated rings. The van der Waals surface area contributed by atoms with E-state index >= 15 is 0 Å². The number of pyridine rings is 1. The summed E-state index contributed by atoms with van der Waals surface area (Å²) in [6.07, 6.45) is 0. The molecule has 0 unspecified atom stereocenters. The van der Waals surface area contributed by atoms with Gasteiger partial charge >= 0.3 is 0 Å². The number of anilines is 1. The van der Waals surface area contributed by atoms with E-state index in [1.807, 2.05) is 37.3 Å². The Kier molecular flexibility index (Phi) is 3.44. The minimum absolute atomic E-state index is 0.317. The fourth-order valence-corrected chi connectivity index (χ4v) is 2.30. The van der Waals surface area contributed by atoms with E-state index in [0.717, 1.165) is 22.2 Å². The third-order valence-corrected chi connectivity index (χ3v) is 3.29. The molecule has 0 atom stereocenters. The summed E-state index contributed by atoms with van der Waals surface area (Å²) in [6, 6.07) is 13.9. The zero-order chi connectivity index (χ0) is 14.8. The first kappa shape index (κ1) is 13.4. The first-order valence-corrected chi connectivity index (χ1v) is 6.66. The molecule has 1 heterocycles. The van der Waals surface area contributed by atoms with E-state index in [-0.39, 0.29) is 5.82 Å². The van der Waals surface area contributed by atoms with Gasteiger partial charge in [-0.15, -0.1) is 0 Å². The Morgan fingerprint density at radius 1 is 1.14 bits per heavy atom. The Hall–Kier alpha value is -2.62. The Bertz CT molecular complexity index is 802. The number of ether oxygens (including phenoxy) is 1. The summed E-state index contributed by atoms with van der Waals surface area (Å²) >= 11 is 0. The van der Waals surface area contributed by atoms with Crippen LogP contribution < -0.4 is 10.5 Å². The van der Waals surface area contributed by atoms with E-state index in [9.17, 15) is 4.39 Å². The molecule has 3 nitrogen and oxygen atoms in total. The number of para-hydroxylation sites is 1. The Morgan fingerprint density at radius 3 is 2.81 bits per heavy atom. The minimum Gasteiger partial charge on any atom is -0.487 e. The van der Waals surface area contributed by atoms with Crippen LogP contribution in [0.4, 0.5) is 10.1 Å². The SMILES string of the molecule is Cc1cc(COc2cc(F)ccc2N)c2ccccc2n1. The number of nitrogens with zero attached hydrogens (tertiary/aromatic N) is 1. The molecular formula is C17H15FN2O. The molecule has 106 valence electrons. The first-order valence-electron chi connectivity index (χ1n) is 6.66. The maximum Gasteiger partial charge on any atom is 0.145 e. The quantitative estimate of drug-likeness (QED) is 0.742. The summed E-state index contributed by atoms with van der Waals surface area (Å²) in [5.74, 6) is -0.0106. The van der Waals surface area contributed by atoms with Crippen molar-refractivity contribution in [2.24, 2.45) is 0 Å². The van der Waals surface area contributed by atoms with Crippen molar-refractivity contribution in [2.75, 3.05) is 5.73 Å². The van der Waals surface area contributed by atoms with Gasteiger partial charge in [0.15, 0.2) is 0 Å². The van der Waals surface area contributed by atoms with Gasteiger partial charge in [-0.1, -0.05) is 18.2 Å². The first-order chi connectivity index (χ1) is 10.1. The van der Waals surface area contributed by atoms with Gasteiger partial charge in [-0.3, -0.25) is 4.98 Å². The third-order valence-electron chi connectivity index (χ3n) is 3.29. The van der Waals surface area contributed by atoms with Gasteiger partial charge in [0, 0.05) is 22.7 Å². The van der Waals surface area contributed by atoms with Crippen LogP contribution in [0, 0.1) is 12.7 Å². The van der Waals surface area contributed by atoms with Crippen molar-refractivity contribution in [2.45, 2.75) is 13.5 Å². The van der Waals surface area contributed by atoms with E-state index in [2.05, 4.69) is 4.98 Å². The summed E-state index contributed by atoms with van der Waals surface area (Å²) < 4.78 is 18.9. The van der Waals surface area contributed by atoms with Gasteiger partial charge in [-0.2, -0.15) is 0 Å². The lowest BCUT2D eigenvalue weighted by atomic mass is 10.1. The molecule has 4 heteroatoms. The lowest BCUT2D eigenvalue weighted by Crippen LogP contribution is -2.01. The van der Waals surface area contributed by atoms with Gasteiger partial charge in [-0.05, 0) is 31.2 Å². The van der Waals surface area contributed by atoms with Gasteiger partial charge in [0.1, 0.15) is 18.2 Å². The maximum absolute atomic E-state index is 13.2. The molecule has 0 radical (unpaired) electrons. The van der Waals surface area contributed by atoms with Crippen LogP contribution >= 0.6 is 0 Å². The smallest absolute Gasteiger partial charge is 0.145 e. The number of nitrogens with two attached hydrogens (primary N) is 1. The summed E-state index contributed by atoms with van der Waals surface area (Å²) in [5.41, 5.74) is 9.05. The summed E-state index contributed by atoms with van der Waals surface area (Å²) in [7, 11) is 0. The number of halogens is 1. The van der Waals surface area contributed by atoms with E-state index in [1.54, 1.807) is 0 Å². The molecule has 0 saturated heterocycles. The van der Waals surface area contributed by atoms with E-state index in [1.165, 1.54) is 18.2 Å². The van der Waals surface area contributed by atoms with Crippen LogP contribution in [0.25, 0.3) is 10.9 Å². The van der Waals surface area contributed by atoms with Gasteiger partial charge < -0.3 is 10.5 Å². The van der Waals surface area contributed by atoms with Crippen molar-refractivity contribution in [3.63, 3.8) is 0 Å². The van der Waals surface area contributed by atoms with Gasteiger partial charge in [0.25, 0.3) is 0 Å². The number of nitrogen functional groups attached to an aromatic ring is 1. The molecule has 0 aliphatic heterocycles. The zero-order valence-corrected chi connectivity index (χ0v) is 11.6. The van der Waals surface area contributed by atoms with Crippen molar-refractivity contribution in [1.82, 2.24) is 4.98 Å². The summed E-state index contributed by atoms with van der Waals surface area (Å²) in [4.78, 5) is 4.48. The molecular weight excluding hydrogens is 267 g/mol. The molecule has 0 bridgehead atoms. The van der Waals surface area contributed by atoms with Crippen LogP contribution in [0.5, 0.6) is 5.75 Å². The maximum atomic E-state index is 13.2. The number of hydrogen-bond donors (Lipinski definition) is 1. The lowest BCUT2D eigenvalue weighted by molar-refractivity contribution is 0.307. The molecule has 3 rings (SSSR count). The molecule has 3 aromatic rings. The van der Waals surface area contributed by atoms with Crippen molar-refractivity contribution >= 4 is 16.6 Å². The second-order valence-electron chi connectivity index (χ2n) is 4.91. The minimum atomic E-state index is -0.366. The van der Waals surface area contributed by atoms with E-state index in [0.29, 0.717) is 18.0 Å². The third kappa shape index (κ3) is 2.79. The molecule has 0 aliphatic carbocycles. The Balaban J connectivity index is 1.93. The van der Waals surface area contributed by atoms with Gasteiger partial charge in [0.05, 0.1) is 11.2 Å². The normalized spacial score (nSPS) is 10.8. The predicted molar refractivity (Wildman–Crippen MR) is 81.6 cm³/mol. The van der Waals surface area contributed by atoms with Crippen LogP contribution in [0.1, 0.15) is 11.3 Å². The molecule has 0 spiro atoms. The monoisotopic (exact) mass is 282 g/mol. The van der Waals surface area contributed by atoms with Crippen molar-refractivity contribution in [1.29, 1.82) is 0 Å². The number of aryl methyl sites for hydroxylation is 1. The Morgan fingerprint density at radius 2 is 1.95 bits per heavy atom. The van der Waals surface area contributed by atoms with Crippen LogP contribution in [0.2, 0.25) is 0 Å². The number of benzene rings is 2. The van der Waals surface area contributed by atoms with Gasteiger partial charge in [-0.25, -0.2) is 4.39 Å². The fourth-order valence-electron chi connectivity index (χ4n) is 2.30. The van der Waals surface area contributed by atoms with Crippen molar-refractivity contribution in [3.8, 4) is 5.75 Å². The second kappa shape index (κ2) is 5.40. The number of aromatic nitrogens is 1. The van der Waals surface area contributed by atoms with Crippen LogP contribution in [0.3, 0.4) is 0 Å². The predicted octanol–water partition coefficient (Wildman–Crippen LogP) is 3.84. The molecule has 1 aromatic heterocycles. The Labute approximate surface area is 122 Å². The topological polar surface area (TPSA) is 48.1 Å². The lowest BCUT2D eigenvalue weighted by Gasteiger charge is -2.11. The average Bonchev–Trinajstić information content (AvgIpc) is 2.47. The molecule has 2 aromatic carbocycles. The molecule has 0 amide bonds. The second-order valence-corrected chi connectivity index (χ2v) is 4.91.